The quantitative estimate of drug-likeness (QED) is 0.382. The smallest absolute Gasteiger partial charge is 0.239 e. The van der Waals surface area contributed by atoms with Crippen LogP contribution in [0.4, 0.5) is 5.69 Å². The van der Waals surface area contributed by atoms with Crippen LogP contribution in [0.15, 0.2) is 64.2 Å². The van der Waals surface area contributed by atoms with Crippen LogP contribution in [0.5, 0.6) is 0 Å². The molecule has 8 nitrogen and oxygen atoms in total. The van der Waals surface area contributed by atoms with Crippen LogP contribution in [0, 0.1) is 6.92 Å². The summed E-state index contributed by atoms with van der Waals surface area (Å²) in [5.74, 6) is 1.39. The third kappa shape index (κ3) is 6.12. The molecule has 1 aliphatic rings. The Kier molecular flexibility index (Phi) is 7.24. The Morgan fingerprint density at radius 1 is 1.15 bits per heavy atom. The molecule has 0 bridgehead atoms. The van der Waals surface area contributed by atoms with E-state index in [1.807, 2.05) is 43.3 Å². The minimum atomic E-state index is 0.0642. The zero-order valence-electron chi connectivity index (χ0n) is 19.1. The molecular weight excluding hydrogens is 416 g/mol. The summed E-state index contributed by atoms with van der Waals surface area (Å²) in [7, 11) is 0. The minimum absolute atomic E-state index is 0.0642. The number of carbonyl (C=O) groups is 1. The molecule has 2 aromatic carbocycles. The molecule has 3 aromatic rings. The molecule has 0 spiro atoms. The predicted molar refractivity (Wildman–Crippen MR) is 130 cm³/mol. The molecule has 0 unspecified atom stereocenters. The van der Waals surface area contributed by atoms with E-state index in [2.05, 4.69) is 49.9 Å². The molecule has 1 amide bonds. The van der Waals surface area contributed by atoms with Gasteiger partial charge in [0.05, 0.1) is 25.3 Å². The van der Waals surface area contributed by atoms with Crippen molar-refractivity contribution >= 4 is 17.6 Å². The van der Waals surface area contributed by atoms with Gasteiger partial charge in [-0.25, -0.2) is 9.98 Å². The highest BCUT2D eigenvalue weighted by molar-refractivity contribution is 5.82. The summed E-state index contributed by atoms with van der Waals surface area (Å²) in [6.07, 6.45) is 1.67. The fourth-order valence-corrected chi connectivity index (χ4v) is 3.57. The van der Waals surface area contributed by atoms with Gasteiger partial charge in [-0.05, 0) is 43.7 Å². The van der Waals surface area contributed by atoms with E-state index in [1.54, 1.807) is 6.26 Å². The fourth-order valence-electron chi connectivity index (χ4n) is 3.57. The molecule has 2 heterocycles. The summed E-state index contributed by atoms with van der Waals surface area (Å²) in [5, 5.41) is 9.43. The van der Waals surface area contributed by atoms with Crippen LogP contribution in [0.25, 0.3) is 11.5 Å². The third-order valence-electron chi connectivity index (χ3n) is 5.39. The first-order valence-electron chi connectivity index (χ1n) is 11.2. The molecule has 0 radical (unpaired) electrons. The van der Waals surface area contributed by atoms with Crippen LogP contribution in [0.1, 0.15) is 23.7 Å². The summed E-state index contributed by atoms with van der Waals surface area (Å²) in [4.78, 5) is 23.0. The van der Waals surface area contributed by atoms with Crippen molar-refractivity contribution in [3.05, 3.63) is 71.6 Å². The number of aromatic nitrogens is 1. The molecule has 1 aliphatic heterocycles. The molecule has 1 saturated heterocycles. The molecule has 1 fully saturated rings. The zero-order chi connectivity index (χ0) is 23.0. The van der Waals surface area contributed by atoms with Gasteiger partial charge in [-0.3, -0.25) is 4.79 Å². The fraction of sp³-hybridized carbons (Fsp3) is 0.320. The van der Waals surface area contributed by atoms with Gasteiger partial charge >= 0.3 is 0 Å². The van der Waals surface area contributed by atoms with Crippen molar-refractivity contribution in [3.63, 3.8) is 0 Å². The average molecular weight is 447 g/mol. The van der Waals surface area contributed by atoms with E-state index >= 15 is 0 Å². The van der Waals surface area contributed by atoms with Crippen LogP contribution in [-0.2, 0) is 17.9 Å². The number of carbonyl (C=O) groups excluding carboxylic acids is 1. The second-order valence-corrected chi connectivity index (χ2v) is 8.00. The number of oxazole rings is 1. The molecule has 4 rings (SSSR count). The van der Waals surface area contributed by atoms with Crippen LogP contribution in [-0.4, -0.2) is 43.0 Å². The third-order valence-corrected chi connectivity index (χ3v) is 5.39. The van der Waals surface area contributed by atoms with E-state index < -0.39 is 0 Å². The van der Waals surface area contributed by atoms with E-state index in [-0.39, 0.29) is 5.91 Å². The summed E-state index contributed by atoms with van der Waals surface area (Å²) >= 11 is 0. The Morgan fingerprint density at radius 3 is 2.67 bits per heavy atom. The first-order valence-corrected chi connectivity index (χ1v) is 11.2. The number of rotatable bonds is 7. The van der Waals surface area contributed by atoms with Gasteiger partial charge in [-0.1, -0.05) is 29.8 Å². The normalized spacial score (nSPS) is 14.2. The van der Waals surface area contributed by atoms with Crippen molar-refractivity contribution in [2.45, 2.75) is 26.9 Å². The van der Waals surface area contributed by atoms with Gasteiger partial charge in [0.2, 0.25) is 11.8 Å². The molecular formula is C25H30N6O2. The standard InChI is InChI=1S/C25H30N6O2/c1-3-26-25(29-15-21-17-33-24(30-21)20-8-4-18(2)5-9-20)28-14-19-6-10-22(11-7-19)31-13-12-27-23(32)16-31/h4-11,17H,3,12-16H2,1-2H3,(H,27,32)(H2,26,28,29). The number of amides is 1. The number of anilines is 1. The van der Waals surface area contributed by atoms with Gasteiger partial charge in [0.25, 0.3) is 0 Å². The summed E-state index contributed by atoms with van der Waals surface area (Å²) < 4.78 is 5.64. The van der Waals surface area contributed by atoms with Gasteiger partial charge in [0.1, 0.15) is 6.26 Å². The van der Waals surface area contributed by atoms with Gasteiger partial charge in [0.15, 0.2) is 5.96 Å². The second kappa shape index (κ2) is 10.7. The largest absolute Gasteiger partial charge is 0.444 e. The molecule has 8 heteroatoms. The molecule has 172 valence electrons. The van der Waals surface area contributed by atoms with Crippen molar-refractivity contribution in [1.29, 1.82) is 0 Å². The average Bonchev–Trinajstić information content (AvgIpc) is 3.31. The Hall–Kier alpha value is -3.81. The molecule has 1 aromatic heterocycles. The SMILES string of the molecule is CCNC(=NCc1ccc(N2CCNC(=O)C2)cc1)NCc1coc(-c2ccc(C)cc2)n1. The molecule has 3 N–H and O–H groups in total. The summed E-state index contributed by atoms with van der Waals surface area (Å²) in [6.45, 7) is 7.81. The maximum absolute atomic E-state index is 11.6. The van der Waals surface area contributed by atoms with Crippen molar-refractivity contribution in [1.82, 2.24) is 20.9 Å². The first-order chi connectivity index (χ1) is 16.1. The van der Waals surface area contributed by atoms with Crippen molar-refractivity contribution in [3.8, 4) is 11.5 Å². The van der Waals surface area contributed by atoms with E-state index in [1.165, 1.54) is 5.56 Å². The Morgan fingerprint density at radius 2 is 1.94 bits per heavy atom. The number of nitrogens with one attached hydrogen (secondary N) is 3. The lowest BCUT2D eigenvalue weighted by atomic mass is 10.1. The van der Waals surface area contributed by atoms with Crippen LogP contribution < -0.4 is 20.9 Å². The second-order valence-electron chi connectivity index (χ2n) is 8.00. The van der Waals surface area contributed by atoms with E-state index in [4.69, 9.17) is 4.42 Å². The maximum Gasteiger partial charge on any atom is 0.239 e. The highest BCUT2D eigenvalue weighted by Gasteiger charge is 2.16. The van der Waals surface area contributed by atoms with Crippen molar-refractivity contribution in [2.24, 2.45) is 4.99 Å². The van der Waals surface area contributed by atoms with Gasteiger partial charge in [-0.2, -0.15) is 0 Å². The Balaban J connectivity index is 1.34. The van der Waals surface area contributed by atoms with Crippen molar-refractivity contribution in [2.75, 3.05) is 31.1 Å². The Bertz CT molecular complexity index is 1090. The number of piperazine rings is 1. The van der Waals surface area contributed by atoms with E-state index in [0.717, 1.165) is 35.6 Å². The summed E-state index contributed by atoms with van der Waals surface area (Å²) in [6, 6.07) is 16.3. The van der Waals surface area contributed by atoms with Gasteiger partial charge in [-0.15, -0.1) is 0 Å². The number of nitrogens with zero attached hydrogens (tertiary/aromatic N) is 3. The number of aryl methyl sites for hydroxylation is 1. The van der Waals surface area contributed by atoms with Crippen LogP contribution in [0.2, 0.25) is 0 Å². The lowest BCUT2D eigenvalue weighted by Crippen LogP contribution is -2.47. The number of hydrogen-bond acceptors (Lipinski definition) is 5. The van der Waals surface area contributed by atoms with E-state index in [0.29, 0.717) is 38.0 Å². The maximum atomic E-state index is 11.6. The molecule has 0 saturated carbocycles. The lowest BCUT2D eigenvalue weighted by Gasteiger charge is -2.28. The molecule has 0 atom stereocenters. The zero-order valence-corrected chi connectivity index (χ0v) is 19.1. The predicted octanol–water partition coefficient (Wildman–Crippen LogP) is 2.84. The van der Waals surface area contributed by atoms with Gasteiger partial charge < -0.3 is 25.3 Å². The number of hydrogen-bond donors (Lipinski definition) is 3. The molecule has 33 heavy (non-hydrogen) atoms. The summed E-state index contributed by atoms with van der Waals surface area (Å²) in [5.41, 5.74) is 5.12. The lowest BCUT2D eigenvalue weighted by molar-refractivity contribution is -0.120. The number of guanidine groups is 1. The van der Waals surface area contributed by atoms with Crippen LogP contribution in [0.3, 0.4) is 0 Å². The number of aliphatic imine (C=N–C) groups is 1. The topological polar surface area (TPSA) is 94.8 Å². The Labute approximate surface area is 194 Å². The first kappa shape index (κ1) is 22.4. The monoisotopic (exact) mass is 446 g/mol. The highest BCUT2D eigenvalue weighted by Crippen LogP contribution is 2.19. The van der Waals surface area contributed by atoms with E-state index in [9.17, 15) is 4.79 Å². The number of benzene rings is 2. The van der Waals surface area contributed by atoms with Crippen LogP contribution >= 0.6 is 0 Å². The highest BCUT2D eigenvalue weighted by atomic mass is 16.3. The molecule has 0 aliphatic carbocycles. The van der Waals surface area contributed by atoms with Crippen molar-refractivity contribution < 1.29 is 9.21 Å². The van der Waals surface area contributed by atoms with Gasteiger partial charge in [0, 0.05) is 30.9 Å². The minimum Gasteiger partial charge on any atom is -0.444 e.